The fourth-order valence-electron chi connectivity index (χ4n) is 0.879. The molecule has 0 amide bonds. The number of Topliss-reactive ketones (excluding diaryl/α,β-unsaturated/α-hetero) is 1. The Bertz CT molecular complexity index is 180. The minimum Gasteiger partial charge on any atom is -0.466 e. The summed E-state index contributed by atoms with van der Waals surface area (Å²) >= 11 is 3.23. The number of hydrogen-bond acceptors (Lipinski definition) is 3. The van der Waals surface area contributed by atoms with Crippen LogP contribution < -0.4 is 0 Å². The number of carbonyl (C=O) groups is 2. The van der Waals surface area contributed by atoms with Gasteiger partial charge in [-0.2, -0.15) is 0 Å². The van der Waals surface area contributed by atoms with Crippen molar-refractivity contribution in [3.05, 3.63) is 0 Å². The molecule has 1 atom stereocenters. The smallest absolute Gasteiger partial charge is 0.313 e. The average molecular weight is 251 g/mol. The van der Waals surface area contributed by atoms with Crippen molar-refractivity contribution in [1.82, 2.24) is 0 Å². The Morgan fingerprint density at radius 1 is 1.38 bits per heavy atom. The Balaban J connectivity index is 3.78. The van der Waals surface area contributed by atoms with E-state index in [1.165, 1.54) is 0 Å². The summed E-state index contributed by atoms with van der Waals surface area (Å²) in [4.78, 5) is 22.0. The summed E-state index contributed by atoms with van der Waals surface area (Å²) in [5.41, 5.74) is 0. The van der Waals surface area contributed by atoms with E-state index in [1.807, 2.05) is 6.92 Å². The number of carbonyl (C=O) groups excluding carboxylic acids is 2. The topological polar surface area (TPSA) is 43.4 Å². The molecule has 0 aliphatic carbocycles. The van der Waals surface area contributed by atoms with Crippen LogP contribution in [0.1, 0.15) is 33.1 Å². The lowest BCUT2D eigenvalue weighted by Gasteiger charge is -2.06. The first-order valence-corrected chi connectivity index (χ1v) is 5.35. The normalized spacial score (nSPS) is 12.2. The van der Waals surface area contributed by atoms with Gasteiger partial charge in [-0.25, -0.2) is 0 Å². The van der Waals surface area contributed by atoms with E-state index in [9.17, 15) is 9.59 Å². The maximum Gasteiger partial charge on any atom is 0.313 e. The highest BCUT2D eigenvalue weighted by Gasteiger charge is 2.17. The predicted octanol–water partition coefficient (Wildman–Crippen LogP) is 2.07. The second-order valence-electron chi connectivity index (χ2n) is 2.70. The lowest BCUT2D eigenvalue weighted by Crippen LogP contribution is -2.19. The zero-order chi connectivity index (χ0) is 10.3. The van der Waals surface area contributed by atoms with E-state index in [1.54, 1.807) is 6.92 Å². The number of alkyl halides is 1. The van der Waals surface area contributed by atoms with Crippen molar-refractivity contribution in [2.24, 2.45) is 0 Å². The number of ketones is 1. The number of ether oxygens (including phenoxy) is 1. The Labute approximate surface area is 87.0 Å². The lowest BCUT2D eigenvalue weighted by molar-refractivity contribution is -0.145. The highest BCUT2D eigenvalue weighted by atomic mass is 79.9. The Morgan fingerprint density at radius 2 is 2.00 bits per heavy atom. The van der Waals surface area contributed by atoms with Gasteiger partial charge in [0.25, 0.3) is 0 Å². The summed E-state index contributed by atoms with van der Waals surface area (Å²) in [6, 6.07) is 0. The molecule has 0 saturated carbocycles. The zero-order valence-corrected chi connectivity index (χ0v) is 9.59. The van der Waals surface area contributed by atoms with E-state index in [0.29, 0.717) is 6.61 Å². The van der Waals surface area contributed by atoms with Crippen LogP contribution in [0.3, 0.4) is 0 Å². The highest BCUT2D eigenvalue weighted by molar-refractivity contribution is 9.10. The first-order chi connectivity index (χ1) is 6.11. The van der Waals surface area contributed by atoms with Crippen LogP contribution in [0.25, 0.3) is 0 Å². The van der Waals surface area contributed by atoms with Crippen molar-refractivity contribution in [2.45, 2.75) is 37.9 Å². The Hall–Kier alpha value is -0.380. The van der Waals surface area contributed by atoms with Crippen LogP contribution >= 0.6 is 15.9 Å². The third-order valence-corrected chi connectivity index (χ3v) is 2.48. The fourth-order valence-corrected chi connectivity index (χ4v) is 1.50. The third-order valence-electron chi connectivity index (χ3n) is 1.52. The molecule has 1 unspecified atom stereocenters. The van der Waals surface area contributed by atoms with E-state index in [0.717, 1.165) is 12.8 Å². The van der Waals surface area contributed by atoms with Crippen LogP contribution in [0.5, 0.6) is 0 Å². The monoisotopic (exact) mass is 250 g/mol. The van der Waals surface area contributed by atoms with Gasteiger partial charge in [-0.3, -0.25) is 9.59 Å². The molecule has 0 fully saturated rings. The molecule has 4 heteroatoms. The van der Waals surface area contributed by atoms with Crippen molar-refractivity contribution in [3.63, 3.8) is 0 Å². The highest BCUT2D eigenvalue weighted by Crippen LogP contribution is 2.11. The zero-order valence-electron chi connectivity index (χ0n) is 8.01. The van der Waals surface area contributed by atoms with E-state index in [2.05, 4.69) is 20.7 Å². The van der Waals surface area contributed by atoms with Gasteiger partial charge in [0, 0.05) is 0 Å². The third kappa shape index (κ3) is 5.80. The van der Waals surface area contributed by atoms with Gasteiger partial charge in [0.05, 0.1) is 11.4 Å². The molecular weight excluding hydrogens is 236 g/mol. The van der Waals surface area contributed by atoms with Crippen LogP contribution in [0, 0.1) is 0 Å². The van der Waals surface area contributed by atoms with E-state index < -0.39 is 5.97 Å². The molecule has 0 aromatic rings. The number of rotatable bonds is 6. The number of halogens is 1. The summed E-state index contributed by atoms with van der Waals surface area (Å²) in [6.45, 7) is 4.04. The first-order valence-electron chi connectivity index (χ1n) is 4.44. The molecule has 13 heavy (non-hydrogen) atoms. The molecule has 0 aromatic carbocycles. The molecule has 0 heterocycles. The molecule has 0 aliphatic heterocycles. The Morgan fingerprint density at radius 3 is 2.46 bits per heavy atom. The standard InChI is InChI=1S/C9H15BrO3/c1-3-5-7(10)8(11)6-9(12)13-4-2/h7H,3-6H2,1-2H3. The second kappa shape index (κ2) is 7.06. The van der Waals surface area contributed by atoms with Gasteiger partial charge < -0.3 is 4.74 Å². The van der Waals surface area contributed by atoms with Gasteiger partial charge in [0.2, 0.25) is 0 Å². The van der Waals surface area contributed by atoms with Crippen LogP contribution in [0.15, 0.2) is 0 Å². The molecule has 0 rings (SSSR count). The van der Waals surface area contributed by atoms with Crippen LogP contribution in [-0.4, -0.2) is 23.2 Å². The van der Waals surface area contributed by atoms with Crippen molar-refractivity contribution in [2.75, 3.05) is 6.61 Å². The van der Waals surface area contributed by atoms with Gasteiger partial charge in [-0.05, 0) is 13.3 Å². The van der Waals surface area contributed by atoms with Crippen LogP contribution in [0.4, 0.5) is 0 Å². The average Bonchev–Trinajstić information content (AvgIpc) is 2.05. The largest absolute Gasteiger partial charge is 0.466 e. The van der Waals surface area contributed by atoms with Gasteiger partial charge >= 0.3 is 5.97 Å². The molecule has 0 aromatic heterocycles. The molecule has 0 bridgehead atoms. The van der Waals surface area contributed by atoms with Gasteiger partial charge in [0.1, 0.15) is 6.42 Å². The second-order valence-corrected chi connectivity index (χ2v) is 3.81. The van der Waals surface area contributed by atoms with Gasteiger partial charge in [0.15, 0.2) is 5.78 Å². The van der Waals surface area contributed by atoms with Crippen LogP contribution in [0.2, 0.25) is 0 Å². The first kappa shape index (κ1) is 12.6. The number of hydrogen-bond donors (Lipinski definition) is 0. The fraction of sp³-hybridized carbons (Fsp3) is 0.778. The molecule has 0 N–H and O–H groups in total. The summed E-state index contributed by atoms with van der Waals surface area (Å²) in [7, 11) is 0. The predicted molar refractivity (Wildman–Crippen MR) is 53.9 cm³/mol. The molecule has 0 spiro atoms. The summed E-state index contributed by atoms with van der Waals surface area (Å²) in [6.07, 6.45) is 1.56. The van der Waals surface area contributed by atoms with E-state index in [4.69, 9.17) is 0 Å². The summed E-state index contributed by atoms with van der Waals surface area (Å²) in [5.74, 6) is -0.534. The Kier molecular flexibility index (Phi) is 6.86. The summed E-state index contributed by atoms with van der Waals surface area (Å²) in [5, 5.41) is 0. The quantitative estimate of drug-likeness (QED) is 0.412. The molecule has 3 nitrogen and oxygen atoms in total. The molecular formula is C9H15BrO3. The van der Waals surface area contributed by atoms with E-state index >= 15 is 0 Å². The van der Waals surface area contributed by atoms with Crippen LogP contribution in [-0.2, 0) is 14.3 Å². The van der Waals surface area contributed by atoms with Crippen molar-refractivity contribution in [3.8, 4) is 0 Å². The maximum atomic E-state index is 11.3. The van der Waals surface area contributed by atoms with Crippen molar-refractivity contribution in [1.29, 1.82) is 0 Å². The molecule has 0 radical (unpaired) electrons. The van der Waals surface area contributed by atoms with Gasteiger partial charge in [-0.1, -0.05) is 29.3 Å². The van der Waals surface area contributed by atoms with E-state index in [-0.39, 0.29) is 17.0 Å². The lowest BCUT2D eigenvalue weighted by atomic mass is 10.1. The maximum absolute atomic E-state index is 11.3. The van der Waals surface area contributed by atoms with Crippen molar-refractivity contribution < 1.29 is 14.3 Å². The minimum absolute atomic E-state index is 0.0969. The molecule has 0 aliphatic rings. The minimum atomic E-state index is -0.437. The van der Waals surface area contributed by atoms with Gasteiger partial charge in [-0.15, -0.1) is 0 Å². The van der Waals surface area contributed by atoms with Crippen molar-refractivity contribution >= 4 is 27.7 Å². The summed E-state index contributed by atoms with van der Waals surface area (Å²) < 4.78 is 4.66. The SMILES string of the molecule is CCCC(Br)C(=O)CC(=O)OCC. The molecule has 0 saturated heterocycles. The molecule has 76 valence electrons. The number of esters is 1.